The third-order valence-corrected chi connectivity index (χ3v) is 4.35. The lowest BCUT2D eigenvalue weighted by Gasteiger charge is -2.28. The van der Waals surface area contributed by atoms with Crippen LogP contribution in [0, 0.1) is 0 Å². The Morgan fingerprint density at radius 2 is 1.50 bits per heavy atom. The molecule has 1 amide bonds. The number of amides is 1. The number of benzene rings is 2. The van der Waals surface area contributed by atoms with E-state index in [0.29, 0.717) is 37.7 Å². The van der Waals surface area contributed by atoms with Crippen molar-refractivity contribution in [3.05, 3.63) is 47.5 Å². The molecule has 0 saturated carbocycles. The number of hydrogen-bond acceptors (Lipinski definition) is 4. The fourth-order valence-corrected chi connectivity index (χ4v) is 3.34. The minimum Gasteiger partial charge on any atom is -0.494 e. The fourth-order valence-electron chi connectivity index (χ4n) is 3.34. The molecule has 0 fully saturated rings. The summed E-state index contributed by atoms with van der Waals surface area (Å²) in [6.45, 7) is 7.48. The maximum atomic E-state index is 12.3. The zero-order chi connectivity index (χ0) is 18.5. The molecule has 0 unspecified atom stereocenters. The van der Waals surface area contributed by atoms with Crippen LogP contribution in [0.3, 0.4) is 0 Å². The highest BCUT2D eigenvalue weighted by Crippen LogP contribution is 2.45. The van der Waals surface area contributed by atoms with Gasteiger partial charge in [0.1, 0.15) is 5.75 Å². The molecule has 0 bridgehead atoms. The van der Waals surface area contributed by atoms with Gasteiger partial charge in [-0.15, -0.1) is 0 Å². The molecule has 5 nitrogen and oxygen atoms in total. The molecular formula is C21H25NO4. The zero-order valence-corrected chi connectivity index (χ0v) is 15.5. The normalized spacial score (nSPS) is 15.8. The van der Waals surface area contributed by atoms with Gasteiger partial charge in [0.05, 0.1) is 19.8 Å². The van der Waals surface area contributed by atoms with Crippen molar-refractivity contribution in [2.75, 3.05) is 25.1 Å². The van der Waals surface area contributed by atoms with Gasteiger partial charge in [-0.25, -0.2) is 0 Å². The van der Waals surface area contributed by atoms with Crippen LogP contribution >= 0.6 is 0 Å². The summed E-state index contributed by atoms with van der Waals surface area (Å²) >= 11 is 0. The average molecular weight is 355 g/mol. The minimum absolute atomic E-state index is 0.0135. The maximum Gasteiger partial charge on any atom is 0.225 e. The predicted octanol–water partition coefficient (Wildman–Crippen LogP) is 4.36. The summed E-state index contributed by atoms with van der Waals surface area (Å²) in [7, 11) is 0. The third-order valence-electron chi connectivity index (χ3n) is 4.35. The summed E-state index contributed by atoms with van der Waals surface area (Å²) in [5, 5.41) is 2.96. The van der Waals surface area contributed by atoms with Crippen molar-refractivity contribution in [2.24, 2.45) is 0 Å². The number of anilines is 1. The lowest BCUT2D eigenvalue weighted by Crippen LogP contribution is -2.24. The van der Waals surface area contributed by atoms with Crippen LogP contribution in [0.5, 0.6) is 17.2 Å². The first-order valence-electron chi connectivity index (χ1n) is 9.13. The first kappa shape index (κ1) is 18.1. The summed E-state index contributed by atoms with van der Waals surface area (Å²) in [6.07, 6.45) is 0.372. The summed E-state index contributed by atoms with van der Waals surface area (Å²) < 4.78 is 17.3. The molecule has 1 atom stereocenters. The summed E-state index contributed by atoms with van der Waals surface area (Å²) in [4.78, 5) is 12.3. The summed E-state index contributed by atoms with van der Waals surface area (Å²) in [5.74, 6) is 2.06. The van der Waals surface area contributed by atoms with Gasteiger partial charge in [-0.05, 0) is 38.5 Å². The van der Waals surface area contributed by atoms with E-state index in [0.717, 1.165) is 22.6 Å². The monoisotopic (exact) mass is 355 g/mol. The first-order valence-corrected chi connectivity index (χ1v) is 9.13. The first-order chi connectivity index (χ1) is 12.7. The van der Waals surface area contributed by atoms with Crippen molar-refractivity contribution >= 4 is 11.6 Å². The van der Waals surface area contributed by atoms with Crippen LogP contribution in [0.25, 0.3) is 0 Å². The molecule has 1 heterocycles. The quantitative estimate of drug-likeness (QED) is 0.802. The van der Waals surface area contributed by atoms with Crippen molar-refractivity contribution in [3.63, 3.8) is 0 Å². The van der Waals surface area contributed by atoms with Gasteiger partial charge in [0.25, 0.3) is 0 Å². The van der Waals surface area contributed by atoms with Crippen LogP contribution in [-0.4, -0.2) is 25.7 Å². The van der Waals surface area contributed by atoms with Crippen molar-refractivity contribution in [2.45, 2.75) is 33.1 Å². The van der Waals surface area contributed by atoms with E-state index in [-0.39, 0.29) is 11.8 Å². The Bertz CT molecular complexity index is 788. The molecule has 3 rings (SSSR count). The second-order valence-electron chi connectivity index (χ2n) is 6.03. The molecule has 2 aromatic carbocycles. The Morgan fingerprint density at radius 1 is 0.885 bits per heavy atom. The van der Waals surface area contributed by atoms with E-state index in [4.69, 9.17) is 14.2 Å². The van der Waals surface area contributed by atoms with Crippen molar-refractivity contribution in [1.82, 2.24) is 0 Å². The van der Waals surface area contributed by atoms with Crippen LogP contribution in [-0.2, 0) is 4.79 Å². The van der Waals surface area contributed by atoms with E-state index in [1.54, 1.807) is 0 Å². The van der Waals surface area contributed by atoms with E-state index in [1.165, 1.54) is 0 Å². The van der Waals surface area contributed by atoms with Gasteiger partial charge >= 0.3 is 0 Å². The van der Waals surface area contributed by atoms with E-state index >= 15 is 0 Å². The number of ether oxygens (including phenoxy) is 3. The molecule has 0 saturated heterocycles. The molecule has 1 aliphatic heterocycles. The number of hydrogen-bond donors (Lipinski definition) is 1. The number of rotatable bonds is 7. The van der Waals surface area contributed by atoms with Gasteiger partial charge in [0.15, 0.2) is 11.5 Å². The van der Waals surface area contributed by atoms with Gasteiger partial charge in [-0.3, -0.25) is 4.79 Å². The number of carbonyl (C=O) groups is 1. The van der Waals surface area contributed by atoms with Gasteiger partial charge in [0.2, 0.25) is 5.91 Å². The number of carbonyl (C=O) groups excluding carboxylic acids is 1. The number of fused-ring (bicyclic) bond motifs is 1. The van der Waals surface area contributed by atoms with Gasteiger partial charge in [0, 0.05) is 29.7 Å². The fraction of sp³-hybridized carbons (Fsp3) is 0.381. The lowest BCUT2D eigenvalue weighted by molar-refractivity contribution is -0.116. The van der Waals surface area contributed by atoms with Crippen LogP contribution in [0.2, 0.25) is 0 Å². The van der Waals surface area contributed by atoms with Crippen LogP contribution in [0.1, 0.15) is 44.2 Å². The standard InChI is InChI=1S/C21H25NO4/c1-4-24-18-10-8-7-9-14(18)15-12-21(23)22-17-13-20(26-6-3)19(25-5-2)11-16(15)17/h7-11,13,15H,4-6,12H2,1-3H3,(H,22,23)/t15-/m1/s1. The Kier molecular flexibility index (Phi) is 5.66. The minimum atomic E-state index is -0.0867. The van der Waals surface area contributed by atoms with E-state index in [9.17, 15) is 4.79 Å². The molecule has 138 valence electrons. The van der Waals surface area contributed by atoms with Crippen molar-refractivity contribution in [1.29, 1.82) is 0 Å². The highest BCUT2D eigenvalue weighted by Gasteiger charge is 2.30. The van der Waals surface area contributed by atoms with Crippen LogP contribution < -0.4 is 19.5 Å². The second-order valence-corrected chi connectivity index (χ2v) is 6.03. The third kappa shape index (κ3) is 3.62. The highest BCUT2D eigenvalue weighted by atomic mass is 16.5. The van der Waals surface area contributed by atoms with Crippen LogP contribution in [0.4, 0.5) is 5.69 Å². The second kappa shape index (κ2) is 8.13. The zero-order valence-electron chi connectivity index (χ0n) is 15.5. The average Bonchev–Trinajstić information content (AvgIpc) is 2.63. The smallest absolute Gasteiger partial charge is 0.225 e. The molecular weight excluding hydrogens is 330 g/mol. The largest absolute Gasteiger partial charge is 0.494 e. The molecule has 0 aliphatic carbocycles. The molecule has 1 N–H and O–H groups in total. The van der Waals surface area contributed by atoms with Crippen molar-refractivity contribution < 1.29 is 19.0 Å². The SMILES string of the molecule is CCOc1cc2c(cc1OCC)[C@@H](c1ccccc1OCC)CC(=O)N2. The van der Waals surface area contributed by atoms with E-state index in [2.05, 4.69) is 5.32 Å². The lowest BCUT2D eigenvalue weighted by atomic mass is 9.84. The Morgan fingerprint density at radius 3 is 2.19 bits per heavy atom. The molecule has 2 aromatic rings. The Hall–Kier alpha value is -2.69. The molecule has 0 aromatic heterocycles. The topological polar surface area (TPSA) is 56.8 Å². The van der Waals surface area contributed by atoms with E-state index < -0.39 is 0 Å². The summed E-state index contributed by atoms with van der Waals surface area (Å²) in [6, 6.07) is 11.7. The molecule has 0 radical (unpaired) electrons. The molecule has 5 heteroatoms. The highest BCUT2D eigenvalue weighted by molar-refractivity contribution is 5.96. The van der Waals surface area contributed by atoms with E-state index in [1.807, 2.05) is 57.2 Å². The number of nitrogens with one attached hydrogen (secondary N) is 1. The van der Waals surface area contributed by atoms with Gasteiger partial charge in [-0.2, -0.15) is 0 Å². The molecule has 1 aliphatic rings. The predicted molar refractivity (Wildman–Crippen MR) is 101 cm³/mol. The van der Waals surface area contributed by atoms with Crippen molar-refractivity contribution in [3.8, 4) is 17.2 Å². The number of para-hydroxylation sites is 1. The molecule has 26 heavy (non-hydrogen) atoms. The maximum absolute atomic E-state index is 12.3. The Balaban J connectivity index is 2.11. The van der Waals surface area contributed by atoms with Gasteiger partial charge in [-0.1, -0.05) is 18.2 Å². The van der Waals surface area contributed by atoms with Crippen LogP contribution in [0.15, 0.2) is 36.4 Å². The Labute approximate surface area is 154 Å². The summed E-state index contributed by atoms with van der Waals surface area (Å²) in [5.41, 5.74) is 2.80. The van der Waals surface area contributed by atoms with Gasteiger partial charge < -0.3 is 19.5 Å². The molecule has 0 spiro atoms.